The van der Waals surface area contributed by atoms with Crippen molar-refractivity contribution < 1.29 is 19.1 Å². The molecule has 1 aromatic heterocycles. The number of carbonyl (C=O) groups is 1. The Morgan fingerprint density at radius 2 is 2.10 bits per heavy atom. The minimum atomic E-state index is -0.889. The van der Waals surface area contributed by atoms with Crippen LogP contribution in [-0.2, 0) is 4.74 Å². The Labute approximate surface area is 120 Å². The van der Waals surface area contributed by atoms with Crippen molar-refractivity contribution in [2.45, 2.75) is 58.8 Å². The molecule has 1 aromatic rings. The first-order valence-corrected chi connectivity index (χ1v) is 6.90. The third kappa shape index (κ3) is 5.65. The maximum absolute atomic E-state index is 11.8. The molecule has 0 radical (unpaired) electrons. The van der Waals surface area contributed by atoms with Crippen LogP contribution in [0.15, 0.2) is 22.8 Å². The monoisotopic (exact) mass is 283 g/mol. The molecule has 1 heterocycles. The topological polar surface area (TPSA) is 71.7 Å². The SMILES string of the molecule is CC(C)CC(NC(=O)OC(C)(C)C)[C@H](O)c1ccco1. The van der Waals surface area contributed by atoms with Crippen LogP contribution in [0.2, 0.25) is 0 Å². The number of amides is 1. The molecule has 20 heavy (non-hydrogen) atoms. The molecule has 114 valence electrons. The number of carbonyl (C=O) groups excluding carboxylic acids is 1. The smallest absolute Gasteiger partial charge is 0.407 e. The largest absolute Gasteiger partial charge is 0.467 e. The number of hydrogen-bond acceptors (Lipinski definition) is 4. The van der Waals surface area contributed by atoms with Gasteiger partial charge in [0.25, 0.3) is 0 Å². The number of furan rings is 1. The fourth-order valence-corrected chi connectivity index (χ4v) is 1.89. The average Bonchev–Trinajstić information content (AvgIpc) is 2.76. The van der Waals surface area contributed by atoms with Crippen LogP contribution in [0.4, 0.5) is 4.79 Å². The Bertz CT molecular complexity index is 406. The summed E-state index contributed by atoms with van der Waals surface area (Å²) in [5.74, 6) is 0.756. The molecule has 5 nitrogen and oxygen atoms in total. The van der Waals surface area contributed by atoms with Gasteiger partial charge in [-0.25, -0.2) is 4.79 Å². The van der Waals surface area contributed by atoms with Gasteiger partial charge in [-0.1, -0.05) is 13.8 Å². The van der Waals surface area contributed by atoms with E-state index in [4.69, 9.17) is 9.15 Å². The van der Waals surface area contributed by atoms with E-state index < -0.39 is 23.8 Å². The van der Waals surface area contributed by atoms with Crippen molar-refractivity contribution in [2.24, 2.45) is 5.92 Å². The Balaban J connectivity index is 2.72. The summed E-state index contributed by atoms with van der Waals surface area (Å²) in [5, 5.41) is 13.0. The van der Waals surface area contributed by atoms with Gasteiger partial charge >= 0.3 is 6.09 Å². The molecule has 0 aliphatic rings. The first-order valence-electron chi connectivity index (χ1n) is 6.90. The predicted octanol–water partition coefficient (Wildman–Crippen LogP) is 3.25. The zero-order chi connectivity index (χ0) is 15.3. The van der Waals surface area contributed by atoms with Crippen molar-refractivity contribution in [1.82, 2.24) is 5.32 Å². The molecular formula is C15H25NO4. The van der Waals surface area contributed by atoms with Crippen LogP contribution in [0.1, 0.15) is 52.9 Å². The standard InChI is InChI=1S/C15H25NO4/c1-10(2)9-11(13(17)12-7-6-8-19-12)16-14(18)20-15(3,4)5/h6-8,10-11,13,17H,9H2,1-5H3,(H,16,18)/t11?,13-/m0/s1. The molecule has 0 bridgehead atoms. The Morgan fingerprint density at radius 3 is 2.55 bits per heavy atom. The van der Waals surface area contributed by atoms with E-state index in [1.54, 1.807) is 32.9 Å². The summed E-state index contributed by atoms with van der Waals surface area (Å²) in [6.45, 7) is 9.45. The highest BCUT2D eigenvalue weighted by Gasteiger charge is 2.27. The lowest BCUT2D eigenvalue weighted by atomic mass is 9.98. The number of hydrogen-bond donors (Lipinski definition) is 2. The lowest BCUT2D eigenvalue weighted by molar-refractivity contribution is 0.0374. The van der Waals surface area contributed by atoms with Crippen molar-refractivity contribution >= 4 is 6.09 Å². The van der Waals surface area contributed by atoms with E-state index in [2.05, 4.69) is 5.32 Å². The maximum atomic E-state index is 11.8. The zero-order valence-electron chi connectivity index (χ0n) is 12.8. The number of rotatable bonds is 5. The molecule has 0 aliphatic carbocycles. The van der Waals surface area contributed by atoms with Crippen molar-refractivity contribution in [3.63, 3.8) is 0 Å². The van der Waals surface area contributed by atoms with E-state index in [9.17, 15) is 9.90 Å². The highest BCUT2D eigenvalue weighted by Crippen LogP contribution is 2.22. The minimum absolute atomic E-state index is 0.319. The lowest BCUT2D eigenvalue weighted by Crippen LogP contribution is -2.43. The summed E-state index contributed by atoms with van der Waals surface area (Å²) in [4.78, 5) is 11.8. The second kappa shape index (κ2) is 6.79. The van der Waals surface area contributed by atoms with Gasteiger partial charge in [-0.3, -0.25) is 0 Å². The number of nitrogens with one attached hydrogen (secondary N) is 1. The summed E-state index contributed by atoms with van der Waals surface area (Å²) in [6, 6.07) is 2.95. The molecule has 1 unspecified atom stereocenters. The van der Waals surface area contributed by atoms with Crippen molar-refractivity contribution in [2.75, 3.05) is 0 Å². The Hall–Kier alpha value is -1.49. The van der Waals surface area contributed by atoms with Crippen LogP contribution < -0.4 is 5.32 Å². The van der Waals surface area contributed by atoms with Gasteiger partial charge in [0.05, 0.1) is 12.3 Å². The van der Waals surface area contributed by atoms with Gasteiger partial charge in [-0.2, -0.15) is 0 Å². The second-order valence-electron chi connectivity index (χ2n) is 6.34. The fourth-order valence-electron chi connectivity index (χ4n) is 1.89. The Kier molecular flexibility index (Phi) is 5.62. The number of alkyl carbamates (subject to hydrolysis) is 1. The molecule has 0 fully saturated rings. The first kappa shape index (κ1) is 16.6. The molecule has 0 saturated heterocycles. The minimum Gasteiger partial charge on any atom is -0.467 e. The zero-order valence-corrected chi connectivity index (χ0v) is 12.8. The second-order valence-corrected chi connectivity index (χ2v) is 6.34. The molecule has 2 N–H and O–H groups in total. The van der Waals surface area contributed by atoms with Crippen LogP contribution in [0.3, 0.4) is 0 Å². The molecule has 2 atom stereocenters. The molecule has 0 aliphatic heterocycles. The van der Waals surface area contributed by atoms with Gasteiger partial charge in [0.1, 0.15) is 17.5 Å². The van der Waals surface area contributed by atoms with E-state index in [1.807, 2.05) is 13.8 Å². The normalized spacial score (nSPS) is 14.9. The summed E-state index contributed by atoms with van der Waals surface area (Å²) in [7, 11) is 0. The lowest BCUT2D eigenvalue weighted by Gasteiger charge is -2.27. The molecule has 0 saturated carbocycles. The quantitative estimate of drug-likeness (QED) is 0.870. The molecule has 0 spiro atoms. The summed E-state index contributed by atoms with van der Waals surface area (Å²) in [6.07, 6.45) is 0.702. The first-order chi connectivity index (χ1) is 9.19. The van der Waals surface area contributed by atoms with Crippen LogP contribution in [0.5, 0.6) is 0 Å². The third-order valence-corrected chi connectivity index (χ3v) is 2.64. The molecule has 0 aromatic carbocycles. The number of aliphatic hydroxyl groups is 1. The van der Waals surface area contributed by atoms with Crippen LogP contribution in [0, 0.1) is 5.92 Å². The third-order valence-electron chi connectivity index (χ3n) is 2.64. The van der Waals surface area contributed by atoms with Crippen molar-refractivity contribution in [1.29, 1.82) is 0 Å². The van der Waals surface area contributed by atoms with Gasteiger partial charge in [-0.15, -0.1) is 0 Å². The molecular weight excluding hydrogens is 258 g/mol. The number of ether oxygens (including phenoxy) is 1. The van der Waals surface area contributed by atoms with E-state index in [1.165, 1.54) is 6.26 Å². The van der Waals surface area contributed by atoms with E-state index in [-0.39, 0.29) is 0 Å². The van der Waals surface area contributed by atoms with Crippen LogP contribution in [0.25, 0.3) is 0 Å². The summed E-state index contributed by atoms with van der Waals surface area (Å²) >= 11 is 0. The van der Waals surface area contributed by atoms with E-state index >= 15 is 0 Å². The van der Waals surface area contributed by atoms with Gasteiger partial charge in [0.2, 0.25) is 0 Å². The average molecular weight is 283 g/mol. The fraction of sp³-hybridized carbons (Fsp3) is 0.667. The van der Waals surface area contributed by atoms with E-state index in [0.717, 1.165) is 0 Å². The van der Waals surface area contributed by atoms with Gasteiger partial charge < -0.3 is 19.6 Å². The highest BCUT2D eigenvalue weighted by atomic mass is 16.6. The maximum Gasteiger partial charge on any atom is 0.407 e. The van der Waals surface area contributed by atoms with Gasteiger partial charge in [-0.05, 0) is 45.2 Å². The predicted molar refractivity (Wildman–Crippen MR) is 76.3 cm³/mol. The van der Waals surface area contributed by atoms with Gasteiger partial charge in [0, 0.05) is 0 Å². The molecule has 5 heteroatoms. The molecule has 1 amide bonds. The summed E-state index contributed by atoms with van der Waals surface area (Å²) < 4.78 is 10.4. The van der Waals surface area contributed by atoms with Crippen LogP contribution >= 0.6 is 0 Å². The Morgan fingerprint density at radius 1 is 1.45 bits per heavy atom. The summed E-state index contributed by atoms with van der Waals surface area (Å²) in [5.41, 5.74) is -0.567. The van der Waals surface area contributed by atoms with Crippen LogP contribution in [-0.4, -0.2) is 22.8 Å². The number of aliphatic hydroxyl groups excluding tert-OH is 1. The highest BCUT2D eigenvalue weighted by molar-refractivity contribution is 5.68. The van der Waals surface area contributed by atoms with Crippen molar-refractivity contribution in [3.05, 3.63) is 24.2 Å². The van der Waals surface area contributed by atoms with Gasteiger partial charge in [0.15, 0.2) is 0 Å². The van der Waals surface area contributed by atoms with E-state index in [0.29, 0.717) is 18.1 Å². The molecule has 1 rings (SSSR count). The van der Waals surface area contributed by atoms with Crippen molar-refractivity contribution in [3.8, 4) is 0 Å².